The second kappa shape index (κ2) is 7.09. The monoisotopic (exact) mass is 395 g/mol. The summed E-state index contributed by atoms with van der Waals surface area (Å²) in [4.78, 5) is 23.6. The number of ether oxygens (including phenoxy) is 3. The molecule has 12 heteroatoms. The number of nitrogens with zero attached hydrogens (tertiary/aromatic N) is 1. The second-order valence-electron chi connectivity index (χ2n) is 5.22. The van der Waals surface area contributed by atoms with Gasteiger partial charge in [0.05, 0.1) is 18.1 Å². The summed E-state index contributed by atoms with van der Waals surface area (Å²) in [5.74, 6) is 0.135. The van der Waals surface area contributed by atoms with Gasteiger partial charge in [0.1, 0.15) is 5.75 Å². The van der Waals surface area contributed by atoms with Crippen molar-refractivity contribution in [3.05, 3.63) is 52.1 Å². The van der Waals surface area contributed by atoms with Crippen LogP contribution in [0.2, 0.25) is 0 Å². The number of carbonyl (C=O) groups is 1. The van der Waals surface area contributed by atoms with E-state index in [1.807, 2.05) is 10.3 Å². The Morgan fingerprint density at radius 3 is 2.63 bits per heavy atom. The van der Waals surface area contributed by atoms with Gasteiger partial charge in [-0.05, 0) is 30.3 Å². The molecule has 1 aliphatic rings. The Balaban J connectivity index is 1.79. The molecule has 2 aromatic rings. The molecule has 0 radical (unpaired) electrons. The van der Waals surface area contributed by atoms with Crippen LogP contribution in [0.5, 0.6) is 17.2 Å². The van der Waals surface area contributed by atoms with E-state index in [2.05, 4.69) is 0 Å². The highest BCUT2D eigenvalue weighted by molar-refractivity contribution is 7.89. The highest BCUT2D eigenvalue weighted by Gasteiger charge is 2.27. The van der Waals surface area contributed by atoms with Gasteiger partial charge in [0.25, 0.3) is 21.6 Å². The smallest absolute Gasteiger partial charge is 0.293 e. The fourth-order valence-corrected chi connectivity index (χ4v) is 3.27. The lowest BCUT2D eigenvalue weighted by molar-refractivity contribution is -0.387. The Kier molecular flexibility index (Phi) is 4.83. The van der Waals surface area contributed by atoms with E-state index in [1.165, 1.54) is 31.4 Å². The lowest BCUT2D eigenvalue weighted by atomic mass is 10.2. The van der Waals surface area contributed by atoms with Crippen LogP contribution in [-0.2, 0) is 10.0 Å². The molecule has 1 heterocycles. The van der Waals surface area contributed by atoms with Gasteiger partial charge in [-0.3, -0.25) is 20.3 Å². The third-order valence-electron chi connectivity index (χ3n) is 3.59. The van der Waals surface area contributed by atoms with Crippen LogP contribution in [-0.4, -0.2) is 33.2 Å². The number of carbonyl (C=O) groups excluding carboxylic acids is 1. The van der Waals surface area contributed by atoms with Crippen molar-refractivity contribution in [3.8, 4) is 17.2 Å². The Hall–Kier alpha value is -3.38. The minimum Gasteiger partial charge on any atom is -0.497 e. The number of nitro groups is 1. The zero-order valence-electron chi connectivity index (χ0n) is 13.8. The summed E-state index contributed by atoms with van der Waals surface area (Å²) in [6, 6.07) is 7.51. The molecule has 1 aliphatic heterocycles. The third kappa shape index (κ3) is 3.75. The van der Waals surface area contributed by atoms with Crippen LogP contribution in [0.4, 0.5) is 5.69 Å². The summed E-state index contributed by atoms with van der Waals surface area (Å²) in [5.41, 5.74) is 1.40. The number of hydrogen-bond acceptors (Lipinski definition) is 8. The number of amides is 1. The van der Waals surface area contributed by atoms with Gasteiger partial charge in [-0.15, -0.1) is 4.83 Å². The van der Waals surface area contributed by atoms with Crippen LogP contribution in [0.3, 0.4) is 0 Å². The zero-order chi connectivity index (χ0) is 19.6. The van der Waals surface area contributed by atoms with Crippen molar-refractivity contribution in [3.63, 3.8) is 0 Å². The van der Waals surface area contributed by atoms with Crippen LogP contribution >= 0.6 is 0 Å². The summed E-state index contributed by atoms with van der Waals surface area (Å²) in [5, 5.41) is 11.1. The Morgan fingerprint density at radius 2 is 1.93 bits per heavy atom. The first-order valence-electron chi connectivity index (χ1n) is 7.36. The van der Waals surface area contributed by atoms with Gasteiger partial charge in [-0.2, -0.15) is 0 Å². The van der Waals surface area contributed by atoms with Crippen LogP contribution in [0.15, 0.2) is 41.3 Å². The number of sulfonamides is 1. The molecule has 11 nitrogen and oxygen atoms in total. The molecule has 0 aromatic heterocycles. The first-order chi connectivity index (χ1) is 12.8. The van der Waals surface area contributed by atoms with E-state index in [0.717, 1.165) is 12.1 Å². The topological polar surface area (TPSA) is 146 Å². The van der Waals surface area contributed by atoms with Crippen LogP contribution in [0.25, 0.3) is 0 Å². The minimum absolute atomic E-state index is 0.0220. The minimum atomic E-state index is -4.41. The zero-order valence-corrected chi connectivity index (χ0v) is 14.6. The van der Waals surface area contributed by atoms with E-state index in [9.17, 15) is 23.3 Å². The molecule has 0 atom stereocenters. The molecule has 0 bridgehead atoms. The summed E-state index contributed by atoms with van der Waals surface area (Å²) in [6.07, 6.45) is 0. The Morgan fingerprint density at radius 1 is 1.19 bits per heavy atom. The van der Waals surface area contributed by atoms with Gasteiger partial charge in [0, 0.05) is 5.56 Å². The molecule has 2 N–H and O–H groups in total. The number of nitrogens with one attached hydrogen (secondary N) is 2. The molecular weight excluding hydrogens is 382 g/mol. The first-order valence-corrected chi connectivity index (χ1v) is 8.84. The summed E-state index contributed by atoms with van der Waals surface area (Å²) >= 11 is 0. The van der Waals surface area contributed by atoms with Crippen molar-refractivity contribution in [2.75, 3.05) is 13.9 Å². The van der Waals surface area contributed by atoms with Crippen molar-refractivity contribution >= 4 is 21.6 Å². The molecule has 3 rings (SSSR count). The maximum absolute atomic E-state index is 12.4. The molecule has 0 aliphatic carbocycles. The number of methoxy groups -OCH3 is 1. The maximum Gasteiger partial charge on any atom is 0.293 e. The fraction of sp³-hybridized carbons (Fsp3) is 0.133. The van der Waals surface area contributed by atoms with E-state index in [4.69, 9.17) is 14.2 Å². The van der Waals surface area contributed by atoms with Crippen molar-refractivity contribution in [2.45, 2.75) is 4.90 Å². The SMILES string of the molecule is COc1ccc(S(=O)(=O)NNC(=O)c2ccc3c(c2)OCO3)c([N+](=O)[O-])c1. The number of hydrogen-bond donors (Lipinski definition) is 2. The predicted octanol–water partition coefficient (Wildman–Crippen LogP) is 0.955. The van der Waals surface area contributed by atoms with Crippen LogP contribution in [0.1, 0.15) is 10.4 Å². The Labute approximate surface area is 153 Å². The number of hydrazine groups is 1. The second-order valence-corrected chi connectivity index (χ2v) is 6.87. The molecular formula is C15H13N3O8S. The van der Waals surface area contributed by atoms with E-state index in [0.29, 0.717) is 11.5 Å². The molecule has 1 amide bonds. The molecule has 27 heavy (non-hydrogen) atoms. The molecule has 142 valence electrons. The molecule has 0 fully saturated rings. The maximum atomic E-state index is 12.4. The van der Waals surface area contributed by atoms with E-state index in [-0.39, 0.29) is 18.1 Å². The quantitative estimate of drug-likeness (QED) is 0.543. The van der Waals surface area contributed by atoms with Crippen LogP contribution in [0, 0.1) is 10.1 Å². The third-order valence-corrected chi connectivity index (χ3v) is 4.88. The van der Waals surface area contributed by atoms with Crippen molar-refractivity contribution in [1.82, 2.24) is 10.3 Å². The lowest BCUT2D eigenvalue weighted by Gasteiger charge is -2.10. The molecule has 0 spiro atoms. The summed E-state index contributed by atoms with van der Waals surface area (Å²) in [7, 11) is -3.12. The lowest BCUT2D eigenvalue weighted by Crippen LogP contribution is -2.41. The highest BCUT2D eigenvalue weighted by Crippen LogP contribution is 2.32. The summed E-state index contributed by atoms with van der Waals surface area (Å²) < 4.78 is 39.8. The van der Waals surface area contributed by atoms with Gasteiger partial charge in [-0.1, -0.05) is 0 Å². The number of benzene rings is 2. The van der Waals surface area contributed by atoms with Gasteiger partial charge in [-0.25, -0.2) is 8.42 Å². The van der Waals surface area contributed by atoms with E-state index >= 15 is 0 Å². The highest BCUT2D eigenvalue weighted by atomic mass is 32.2. The van der Waals surface area contributed by atoms with E-state index < -0.39 is 31.4 Å². The van der Waals surface area contributed by atoms with Gasteiger partial charge in [0.15, 0.2) is 16.4 Å². The van der Waals surface area contributed by atoms with E-state index in [1.54, 1.807) is 0 Å². The average molecular weight is 395 g/mol. The van der Waals surface area contributed by atoms with Crippen molar-refractivity contribution in [1.29, 1.82) is 0 Å². The van der Waals surface area contributed by atoms with Crippen molar-refractivity contribution < 1.29 is 32.3 Å². The van der Waals surface area contributed by atoms with Gasteiger partial charge < -0.3 is 14.2 Å². The molecule has 0 saturated carbocycles. The molecule has 2 aromatic carbocycles. The average Bonchev–Trinajstić information content (AvgIpc) is 3.13. The first kappa shape index (κ1) is 18.4. The van der Waals surface area contributed by atoms with Crippen LogP contribution < -0.4 is 24.5 Å². The Bertz CT molecular complexity index is 1020. The fourth-order valence-electron chi connectivity index (χ4n) is 2.27. The number of rotatable bonds is 6. The predicted molar refractivity (Wildman–Crippen MR) is 90.0 cm³/mol. The van der Waals surface area contributed by atoms with Crippen molar-refractivity contribution in [2.24, 2.45) is 0 Å². The van der Waals surface area contributed by atoms with Gasteiger partial charge >= 0.3 is 0 Å². The summed E-state index contributed by atoms with van der Waals surface area (Å²) in [6.45, 7) is 0.0220. The molecule has 0 unspecified atom stereocenters. The molecule has 0 saturated heterocycles. The number of fused-ring (bicyclic) bond motifs is 1. The number of nitro benzene ring substituents is 1. The largest absolute Gasteiger partial charge is 0.497 e. The normalized spacial score (nSPS) is 12.5. The van der Waals surface area contributed by atoms with Gasteiger partial charge in [0.2, 0.25) is 6.79 Å². The standard InChI is InChI=1S/C15H13N3O8S/c1-24-10-3-5-14(11(7-10)18(20)21)27(22,23)17-16-15(19)9-2-4-12-13(6-9)26-8-25-12/h2-7,17H,8H2,1H3,(H,16,19).